The molecule has 36 heavy (non-hydrogen) atoms. The van der Waals surface area contributed by atoms with E-state index in [0.717, 1.165) is 16.4 Å². The lowest BCUT2D eigenvalue weighted by molar-refractivity contribution is -0.139. The molecule has 1 heterocycles. The third kappa shape index (κ3) is 5.55. The lowest BCUT2D eigenvalue weighted by atomic mass is 10.0. The van der Waals surface area contributed by atoms with Gasteiger partial charge in [-0.3, -0.25) is 14.7 Å². The van der Waals surface area contributed by atoms with Crippen LogP contribution in [-0.2, 0) is 22.2 Å². The van der Waals surface area contributed by atoms with E-state index in [1.54, 1.807) is 30.3 Å². The number of hydrogen-bond acceptors (Lipinski definition) is 6. The predicted octanol–water partition coefficient (Wildman–Crippen LogP) is 4.33. The van der Waals surface area contributed by atoms with Gasteiger partial charge in [0.15, 0.2) is 11.5 Å². The highest BCUT2D eigenvalue weighted by molar-refractivity contribution is 7.52. The highest BCUT2D eigenvalue weighted by Crippen LogP contribution is 2.43. The quantitative estimate of drug-likeness (QED) is 0.216. The number of carboxylic acid groups (broad SMARTS) is 1. The molecule has 9 nitrogen and oxygen atoms in total. The summed E-state index contributed by atoms with van der Waals surface area (Å²) in [6.07, 6.45) is 0.238. The number of methoxy groups -OCH3 is 2. The molecule has 190 valence electrons. The summed E-state index contributed by atoms with van der Waals surface area (Å²) >= 11 is 0. The molecule has 4 rings (SSSR count). The number of fused-ring (bicyclic) bond motifs is 3. The van der Waals surface area contributed by atoms with Crippen LogP contribution >= 0.6 is 7.60 Å². The van der Waals surface area contributed by atoms with E-state index in [-0.39, 0.29) is 19.3 Å². The maximum atomic E-state index is 12.3. The summed E-state index contributed by atoms with van der Waals surface area (Å²) in [5.41, 5.74) is 2.71. The summed E-state index contributed by atoms with van der Waals surface area (Å²) in [6, 6.07) is 17.1. The van der Waals surface area contributed by atoms with Crippen molar-refractivity contribution < 1.29 is 38.1 Å². The van der Waals surface area contributed by atoms with Gasteiger partial charge in [0.1, 0.15) is 23.0 Å². The van der Waals surface area contributed by atoms with Gasteiger partial charge >= 0.3 is 13.6 Å². The van der Waals surface area contributed by atoms with Gasteiger partial charge < -0.3 is 28.8 Å². The van der Waals surface area contributed by atoms with Crippen LogP contribution in [0, 0.1) is 0 Å². The highest BCUT2D eigenvalue weighted by Gasteiger charge is 2.33. The summed E-state index contributed by atoms with van der Waals surface area (Å²) in [7, 11) is -1.69. The van der Waals surface area contributed by atoms with Crippen molar-refractivity contribution in [2.75, 3.05) is 14.2 Å². The first-order chi connectivity index (χ1) is 17.2. The number of rotatable bonds is 11. The number of aryl methyl sites for hydroxylation is 1. The Bertz CT molecular complexity index is 1430. The minimum atomic E-state index is -4.68. The number of furan rings is 1. The van der Waals surface area contributed by atoms with Gasteiger partial charge in [-0.1, -0.05) is 42.5 Å². The molecule has 0 unspecified atom stereocenters. The Morgan fingerprint density at radius 3 is 2.44 bits per heavy atom. The molecule has 0 spiro atoms. The molecule has 2 atom stereocenters. The highest BCUT2D eigenvalue weighted by atomic mass is 31.2. The number of nitrogens with one attached hydrogen (secondary N) is 1. The van der Waals surface area contributed by atoms with E-state index in [2.05, 4.69) is 5.32 Å². The molecule has 0 saturated carbocycles. The van der Waals surface area contributed by atoms with Crippen LogP contribution < -0.4 is 14.8 Å². The van der Waals surface area contributed by atoms with Crippen molar-refractivity contribution >= 4 is 35.5 Å². The zero-order valence-electron chi connectivity index (χ0n) is 19.9. The molecule has 0 aliphatic carbocycles. The molecule has 0 aliphatic rings. The lowest BCUT2D eigenvalue weighted by Gasteiger charge is -2.24. The first-order valence-electron chi connectivity index (χ1n) is 11.4. The van der Waals surface area contributed by atoms with Crippen LogP contribution in [0.15, 0.2) is 65.1 Å². The maximum Gasteiger partial charge on any atom is 0.342 e. The summed E-state index contributed by atoms with van der Waals surface area (Å²) < 4.78 is 28.8. The van der Waals surface area contributed by atoms with Crippen molar-refractivity contribution in [3.05, 3.63) is 71.8 Å². The number of aliphatic carboxylic acids is 1. The Balaban J connectivity index is 1.54. The first kappa shape index (κ1) is 25.7. The van der Waals surface area contributed by atoms with Crippen LogP contribution in [-0.4, -0.2) is 46.9 Å². The number of ether oxygens (including phenoxy) is 2. The van der Waals surface area contributed by atoms with Crippen LogP contribution in [0.5, 0.6) is 11.5 Å². The third-order valence-corrected chi connectivity index (χ3v) is 7.37. The molecule has 4 N–H and O–H groups in total. The molecular weight excluding hydrogens is 485 g/mol. The zero-order chi connectivity index (χ0) is 25.9. The predicted molar refractivity (Wildman–Crippen MR) is 136 cm³/mol. The number of para-hydroxylation sites is 2. The zero-order valence-corrected chi connectivity index (χ0v) is 20.8. The van der Waals surface area contributed by atoms with Crippen molar-refractivity contribution in [1.29, 1.82) is 0 Å². The average Bonchev–Trinajstić information content (AvgIpc) is 3.22. The maximum absolute atomic E-state index is 12.3. The van der Waals surface area contributed by atoms with E-state index in [0.29, 0.717) is 28.2 Å². The third-order valence-electron chi connectivity index (χ3n) is 6.15. The van der Waals surface area contributed by atoms with Crippen molar-refractivity contribution in [2.45, 2.75) is 31.1 Å². The number of carbonyl (C=O) groups is 1. The van der Waals surface area contributed by atoms with Gasteiger partial charge in [0.05, 0.1) is 14.2 Å². The van der Waals surface area contributed by atoms with E-state index in [1.165, 1.54) is 14.2 Å². The number of carboxylic acids is 1. The second kappa shape index (κ2) is 10.7. The Hall–Kier alpha value is -3.36. The molecule has 1 aromatic heterocycles. The van der Waals surface area contributed by atoms with Crippen molar-refractivity contribution in [2.24, 2.45) is 0 Å². The van der Waals surface area contributed by atoms with Crippen LogP contribution in [0.1, 0.15) is 17.5 Å². The summed E-state index contributed by atoms with van der Waals surface area (Å²) in [5.74, 6) is -1.61. The molecule has 0 radical (unpaired) electrons. The van der Waals surface area contributed by atoms with Crippen molar-refractivity contribution in [3.63, 3.8) is 0 Å². The summed E-state index contributed by atoms with van der Waals surface area (Å²) in [6.45, 7) is 0. The Labute approximate surface area is 207 Å². The molecule has 10 heteroatoms. The van der Waals surface area contributed by atoms with Gasteiger partial charge in [-0.2, -0.15) is 0 Å². The number of hydrogen-bond donors (Lipinski definition) is 4. The van der Waals surface area contributed by atoms with Crippen LogP contribution in [0.4, 0.5) is 0 Å². The smallest absolute Gasteiger partial charge is 0.342 e. The topological polar surface area (TPSA) is 138 Å². The largest absolute Gasteiger partial charge is 0.493 e. The second-order valence-corrected chi connectivity index (χ2v) is 10.3. The molecule has 0 fully saturated rings. The van der Waals surface area contributed by atoms with Gasteiger partial charge in [0.2, 0.25) is 0 Å². The Morgan fingerprint density at radius 2 is 1.75 bits per heavy atom. The van der Waals surface area contributed by atoms with Crippen LogP contribution in [0.25, 0.3) is 21.9 Å². The molecule has 0 aliphatic heterocycles. The van der Waals surface area contributed by atoms with Crippen molar-refractivity contribution in [3.8, 4) is 11.5 Å². The lowest BCUT2D eigenvalue weighted by Crippen LogP contribution is -2.44. The molecule has 0 bridgehead atoms. The van der Waals surface area contributed by atoms with E-state index in [4.69, 9.17) is 13.9 Å². The van der Waals surface area contributed by atoms with Crippen LogP contribution in [0.2, 0.25) is 0 Å². The van der Waals surface area contributed by atoms with Crippen LogP contribution in [0.3, 0.4) is 0 Å². The SMILES string of the molecule is COc1cccc(CC[C@@H](N[C@@H](Cc2ccc3c(c2)oc2ccccc23)C(=O)O)P(=O)(O)O)c1OC. The van der Waals surface area contributed by atoms with E-state index < -0.39 is 25.4 Å². The monoisotopic (exact) mass is 513 g/mol. The molecular formula is C26H28NO8P. The normalized spacial score (nSPS) is 13.6. The minimum Gasteiger partial charge on any atom is -0.493 e. The van der Waals surface area contributed by atoms with Gasteiger partial charge in [-0.05, 0) is 48.6 Å². The van der Waals surface area contributed by atoms with Gasteiger partial charge in [-0.15, -0.1) is 0 Å². The Morgan fingerprint density at radius 1 is 1.00 bits per heavy atom. The fourth-order valence-corrected chi connectivity index (χ4v) is 5.21. The van der Waals surface area contributed by atoms with E-state index in [1.807, 2.05) is 30.3 Å². The second-order valence-electron chi connectivity index (χ2n) is 8.49. The van der Waals surface area contributed by atoms with Gasteiger partial charge in [0, 0.05) is 10.8 Å². The summed E-state index contributed by atoms with van der Waals surface area (Å²) in [4.78, 5) is 32.0. The van der Waals surface area contributed by atoms with E-state index in [9.17, 15) is 24.3 Å². The fraction of sp³-hybridized carbons (Fsp3) is 0.269. The summed E-state index contributed by atoms with van der Waals surface area (Å²) in [5, 5.41) is 14.4. The minimum absolute atomic E-state index is 0.0137. The molecule has 0 saturated heterocycles. The number of benzene rings is 3. The Kier molecular flexibility index (Phi) is 7.66. The first-order valence-corrected chi connectivity index (χ1v) is 13.0. The molecule has 3 aromatic carbocycles. The van der Waals surface area contributed by atoms with Gasteiger partial charge in [-0.25, -0.2) is 0 Å². The average molecular weight is 513 g/mol. The van der Waals surface area contributed by atoms with Crippen molar-refractivity contribution in [1.82, 2.24) is 5.32 Å². The van der Waals surface area contributed by atoms with Gasteiger partial charge in [0.25, 0.3) is 0 Å². The molecule has 0 amide bonds. The fourth-order valence-electron chi connectivity index (χ4n) is 4.37. The standard InChI is InChI=1S/C26H28NO8P/c1-33-22-9-5-6-17(25(22)34-2)11-13-24(36(30,31)32)27-20(26(28)29)14-16-10-12-19-18-7-3-4-8-21(18)35-23(19)15-16/h3-10,12,15,20,24,27H,11,13-14H2,1-2H3,(H,28,29)(H2,30,31,32)/t20-,24-/m0/s1. The van der Waals surface area contributed by atoms with E-state index >= 15 is 0 Å². The molecule has 4 aromatic rings.